The number of aliphatic hydroxyl groups is 1. The van der Waals surface area contributed by atoms with Gasteiger partial charge in [0.1, 0.15) is 6.04 Å². The molecule has 2 amide bonds. The molecule has 0 saturated heterocycles. The number of hydrogen-bond donors (Lipinski definition) is 3. The molecule has 2 rings (SSSR count). The number of amides is 2. The van der Waals surface area contributed by atoms with Gasteiger partial charge in [0.05, 0.1) is 11.0 Å². The first-order valence-corrected chi connectivity index (χ1v) is 11.0. The van der Waals surface area contributed by atoms with Crippen LogP contribution in [0, 0.1) is 0 Å². The Morgan fingerprint density at radius 3 is 2.03 bits per heavy atom. The van der Waals surface area contributed by atoms with Gasteiger partial charge in [-0.1, -0.05) is 23.2 Å². The van der Waals surface area contributed by atoms with Crippen LogP contribution in [0.25, 0.3) is 0 Å². The Bertz CT molecular complexity index is 1060. The third kappa shape index (κ3) is 7.30. The molecule has 0 spiro atoms. The van der Waals surface area contributed by atoms with Crippen molar-refractivity contribution in [2.75, 3.05) is 6.61 Å². The predicted octanol–water partition coefficient (Wildman–Crippen LogP) is 1.52. The zero-order valence-corrected chi connectivity index (χ0v) is 18.4. The molecule has 0 radical (unpaired) electrons. The summed E-state index contributed by atoms with van der Waals surface area (Å²) in [5.74, 6) is -2.90. The maximum atomic E-state index is 12.4. The van der Waals surface area contributed by atoms with Crippen LogP contribution in [0.4, 0.5) is 0 Å². The number of esters is 1. The fourth-order valence-corrected chi connectivity index (χ4v) is 3.76. The summed E-state index contributed by atoms with van der Waals surface area (Å²) in [7, 11) is -4.20. The lowest BCUT2D eigenvalue weighted by molar-refractivity contribution is -0.152. The summed E-state index contributed by atoms with van der Waals surface area (Å²) >= 11 is 11.4. The number of ether oxygens (including phenoxy) is 1. The highest BCUT2D eigenvalue weighted by atomic mass is 35.5. The lowest BCUT2D eigenvalue weighted by atomic mass is 10.2. The average molecular weight is 489 g/mol. The molecule has 9 nitrogen and oxygen atoms in total. The Kier molecular flexibility index (Phi) is 8.54. The first-order chi connectivity index (χ1) is 14.5. The fraction of sp³-hybridized carbons (Fsp3) is 0.211. The van der Waals surface area contributed by atoms with Crippen molar-refractivity contribution < 1.29 is 32.6 Å². The van der Waals surface area contributed by atoms with Crippen molar-refractivity contribution in [1.29, 1.82) is 0 Å². The molecule has 0 unspecified atom stereocenters. The van der Waals surface area contributed by atoms with Crippen molar-refractivity contribution in [2.45, 2.75) is 24.0 Å². The van der Waals surface area contributed by atoms with Gasteiger partial charge in [-0.2, -0.15) is 4.72 Å². The average Bonchev–Trinajstić information content (AvgIpc) is 2.71. The maximum absolute atomic E-state index is 12.4. The second-order valence-electron chi connectivity index (χ2n) is 6.29. The van der Waals surface area contributed by atoms with E-state index in [0.717, 1.165) is 0 Å². The minimum Gasteiger partial charge on any atom is -0.454 e. The molecule has 31 heavy (non-hydrogen) atoms. The largest absolute Gasteiger partial charge is 0.454 e. The SMILES string of the molecule is C[C@@H](O)[C@@H](NS(=O)(=O)c1ccc(Cl)cc1)C(=O)OCC(=O)NC(=O)c1ccc(Cl)cc1. The molecule has 2 atom stereocenters. The first-order valence-electron chi connectivity index (χ1n) is 8.72. The Balaban J connectivity index is 1.97. The molecule has 2 aromatic rings. The second kappa shape index (κ2) is 10.7. The highest BCUT2D eigenvalue weighted by Crippen LogP contribution is 2.15. The summed E-state index contributed by atoms with van der Waals surface area (Å²) in [6.07, 6.45) is -1.48. The Labute approximate surface area is 188 Å². The zero-order valence-electron chi connectivity index (χ0n) is 16.0. The minimum absolute atomic E-state index is 0.154. The van der Waals surface area contributed by atoms with E-state index in [1.54, 1.807) is 0 Å². The lowest BCUT2D eigenvalue weighted by Crippen LogP contribution is -2.49. The molecule has 0 fully saturated rings. The zero-order chi connectivity index (χ0) is 23.2. The third-order valence-electron chi connectivity index (χ3n) is 3.85. The van der Waals surface area contributed by atoms with E-state index in [1.165, 1.54) is 55.5 Å². The fourth-order valence-electron chi connectivity index (χ4n) is 2.26. The van der Waals surface area contributed by atoms with Crippen molar-refractivity contribution in [3.63, 3.8) is 0 Å². The van der Waals surface area contributed by atoms with E-state index in [9.17, 15) is 27.9 Å². The molecule has 0 bridgehead atoms. The van der Waals surface area contributed by atoms with E-state index in [-0.39, 0.29) is 10.5 Å². The third-order valence-corrected chi connectivity index (χ3v) is 5.81. The van der Waals surface area contributed by atoms with Crippen LogP contribution in [0.3, 0.4) is 0 Å². The van der Waals surface area contributed by atoms with Crippen LogP contribution < -0.4 is 10.0 Å². The van der Waals surface area contributed by atoms with Gasteiger partial charge < -0.3 is 9.84 Å². The van der Waals surface area contributed by atoms with Crippen molar-refractivity contribution in [2.24, 2.45) is 0 Å². The van der Waals surface area contributed by atoms with Gasteiger partial charge in [0.2, 0.25) is 10.0 Å². The number of aliphatic hydroxyl groups excluding tert-OH is 1. The van der Waals surface area contributed by atoms with Crippen molar-refractivity contribution in [1.82, 2.24) is 10.0 Å². The van der Waals surface area contributed by atoms with Crippen LogP contribution >= 0.6 is 23.2 Å². The van der Waals surface area contributed by atoms with Crippen LogP contribution in [0.15, 0.2) is 53.4 Å². The van der Waals surface area contributed by atoms with E-state index in [4.69, 9.17) is 27.9 Å². The summed E-state index contributed by atoms with van der Waals surface area (Å²) in [5.41, 5.74) is 0.154. The number of nitrogens with one attached hydrogen (secondary N) is 2. The molecule has 166 valence electrons. The molecule has 0 saturated carbocycles. The highest BCUT2D eigenvalue weighted by Gasteiger charge is 2.31. The van der Waals surface area contributed by atoms with E-state index in [1.807, 2.05) is 10.0 Å². The molecular formula is C19H18Cl2N2O7S. The molecule has 0 aliphatic heterocycles. The quantitative estimate of drug-likeness (QED) is 0.478. The van der Waals surface area contributed by atoms with Gasteiger partial charge in [0.15, 0.2) is 6.61 Å². The molecule has 12 heteroatoms. The van der Waals surface area contributed by atoms with Crippen LogP contribution in [-0.4, -0.2) is 50.1 Å². The number of rotatable bonds is 8. The number of sulfonamides is 1. The number of benzene rings is 2. The summed E-state index contributed by atoms with van der Waals surface area (Å²) < 4.78 is 31.6. The van der Waals surface area contributed by atoms with Gasteiger partial charge in [-0.05, 0) is 55.5 Å². The highest BCUT2D eigenvalue weighted by molar-refractivity contribution is 7.89. The van der Waals surface area contributed by atoms with Crippen molar-refractivity contribution in [3.05, 3.63) is 64.1 Å². The van der Waals surface area contributed by atoms with E-state index < -0.39 is 46.6 Å². The summed E-state index contributed by atoms with van der Waals surface area (Å²) in [4.78, 5) is 35.9. The summed E-state index contributed by atoms with van der Waals surface area (Å²) in [6, 6.07) is 9.12. The molecule has 0 aliphatic rings. The van der Waals surface area contributed by atoms with Gasteiger partial charge in [-0.3, -0.25) is 19.7 Å². The number of hydrogen-bond acceptors (Lipinski definition) is 7. The smallest absolute Gasteiger partial charge is 0.327 e. The second-order valence-corrected chi connectivity index (χ2v) is 8.87. The number of imide groups is 1. The maximum Gasteiger partial charge on any atom is 0.327 e. The Hall–Kier alpha value is -2.50. The summed E-state index contributed by atoms with van der Waals surface area (Å²) in [5, 5.41) is 12.5. The first kappa shape index (κ1) is 24.8. The molecule has 2 aromatic carbocycles. The minimum atomic E-state index is -4.20. The van der Waals surface area contributed by atoms with Gasteiger partial charge in [0.25, 0.3) is 11.8 Å². The monoisotopic (exact) mass is 488 g/mol. The van der Waals surface area contributed by atoms with Gasteiger partial charge in [0, 0.05) is 15.6 Å². The molecule has 3 N–H and O–H groups in total. The van der Waals surface area contributed by atoms with Gasteiger partial charge >= 0.3 is 5.97 Å². The number of carbonyl (C=O) groups excluding carboxylic acids is 3. The van der Waals surface area contributed by atoms with Crippen molar-refractivity contribution in [3.8, 4) is 0 Å². The predicted molar refractivity (Wildman–Crippen MR) is 112 cm³/mol. The molecule has 0 aromatic heterocycles. The van der Waals surface area contributed by atoms with Crippen LogP contribution in [0.5, 0.6) is 0 Å². The normalized spacial score (nSPS) is 13.2. The molecule has 0 heterocycles. The van der Waals surface area contributed by atoms with Crippen molar-refractivity contribution >= 4 is 51.0 Å². The van der Waals surface area contributed by atoms with Crippen LogP contribution in [-0.2, 0) is 24.3 Å². The topological polar surface area (TPSA) is 139 Å². The van der Waals surface area contributed by atoms with Gasteiger partial charge in [-0.25, -0.2) is 8.42 Å². The summed E-state index contributed by atoms with van der Waals surface area (Å²) in [6.45, 7) is 0.296. The number of halogens is 2. The van der Waals surface area contributed by atoms with E-state index in [2.05, 4.69) is 0 Å². The standard InChI is InChI=1S/C19H18Cl2N2O7S/c1-11(24)17(23-31(28,29)15-8-6-14(21)7-9-15)19(27)30-10-16(25)22-18(26)12-2-4-13(20)5-3-12/h2-9,11,17,23-24H,10H2,1H3,(H,22,25,26)/t11-,17-/m1/s1. The lowest BCUT2D eigenvalue weighted by Gasteiger charge is -2.20. The Morgan fingerprint density at radius 2 is 1.52 bits per heavy atom. The number of carbonyl (C=O) groups is 3. The van der Waals surface area contributed by atoms with E-state index >= 15 is 0 Å². The molecular weight excluding hydrogens is 471 g/mol. The Morgan fingerprint density at radius 1 is 1.00 bits per heavy atom. The van der Waals surface area contributed by atoms with Crippen LogP contribution in [0.2, 0.25) is 10.0 Å². The van der Waals surface area contributed by atoms with Gasteiger partial charge in [-0.15, -0.1) is 0 Å². The molecule has 0 aliphatic carbocycles. The van der Waals surface area contributed by atoms with E-state index in [0.29, 0.717) is 10.0 Å². The van der Waals surface area contributed by atoms with Crippen LogP contribution in [0.1, 0.15) is 17.3 Å².